The summed E-state index contributed by atoms with van der Waals surface area (Å²) in [5.74, 6) is 1.80. The first kappa shape index (κ1) is 16.6. The average molecular weight is 313 g/mol. The van der Waals surface area contributed by atoms with Crippen LogP contribution in [0.25, 0.3) is 0 Å². The zero-order valence-corrected chi connectivity index (χ0v) is 15.0. The maximum Gasteiger partial charge on any atom is 0.119 e. The van der Waals surface area contributed by atoms with Gasteiger partial charge in [-0.25, -0.2) is 0 Å². The highest BCUT2D eigenvalue weighted by molar-refractivity contribution is 5.35. The smallest absolute Gasteiger partial charge is 0.119 e. The number of hydrogen-bond donors (Lipinski definition) is 0. The Hall–Kier alpha value is -1.28. The number of fused-ring (bicyclic) bond motifs is 1. The number of rotatable bonds is 4. The molecule has 0 aromatic heterocycles. The zero-order chi connectivity index (χ0) is 16.3. The number of likely N-dealkylation sites (tertiary alicyclic amines) is 1. The van der Waals surface area contributed by atoms with E-state index in [-0.39, 0.29) is 0 Å². The lowest BCUT2D eigenvalue weighted by Crippen LogP contribution is -2.51. The van der Waals surface area contributed by atoms with Gasteiger partial charge in [-0.15, -0.1) is 0 Å². The molecule has 1 heterocycles. The molecule has 1 saturated carbocycles. The molecule has 1 aromatic rings. The number of allylic oxidation sites excluding steroid dienone is 1. The van der Waals surface area contributed by atoms with Gasteiger partial charge in [-0.1, -0.05) is 36.6 Å². The Morgan fingerprint density at radius 2 is 2.17 bits per heavy atom. The molecule has 2 nitrogen and oxygen atoms in total. The molecule has 0 N–H and O–H groups in total. The maximum absolute atomic E-state index is 5.49. The van der Waals surface area contributed by atoms with Crippen LogP contribution in [0.15, 0.2) is 35.9 Å². The summed E-state index contributed by atoms with van der Waals surface area (Å²) in [7, 11) is 1.77. The van der Waals surface area contributed by atoms with E-state index in [1.165, 1.54) is 56.3 Å². The van der Waals surface area contributed by atoms with Crippen LogP contribution in [-0.4, -0.2) is 31.6 Å². The molecule has 0 spiro atoms. The van der Waals surface area contributed by atoms with E-state index in [9.17, 15) is 0 Å². The SMILES string of the molecule is COc1cccc([C@@]23CCCC[C@@H]2CN(CC=C(C)C)CC3)c1. The Morgan fingerprint density at radius 3 is 2.96 bits per heavy atom. The minimum atomic E-state index is 0.383. The van der Waals surface area contributed by atoms with Crippen molar-refractivity contribution in [1.29, 1.82) is 0 Å². The van der Waals surface area contributed by atoms with E-state index in [0.29, 0.717) is 5.41 Å². The Balaban J connectivity index is 1.83. The second kappa shape index (κ2) is 7.09. The Morgan fingerprint density at radius 1 is 1.30 bits per heavy atom. The summed E-state index contributed by atoms with van der Waals surface area (Å²) < 4.78 is 5.49. The van der Waals surface area contributed by atoms with Gasteiger partial charge in [0, 0.05) is 18.5 Å². The molecular weight excluding hydrogens is 282 g/mol. The fourth-order valence-corrected chi connectivity index (χ4v) is 4.60. The lowest BCUT2D eigenvalue weighted by Gasteiger charge is -2.51. The van der Waals surface area contributed by atoms with Crippen LogP contribution in [-0.2, 0) is 5.41 Å². The fourth-order valence-electron chi connectivity index (χ4n) is 4.60. The van der Waals surface area contributed by atoms with Crippen molar-refractivity contribution in [1.82, 2.24) is 4.90 Å². The number of hydrogen-bond acceptors (Lipinski definition) is 2. The lowest BCUT2D eigenvalue weighted by molar-refractivity contribution is 0.0626. The predicted molar refractivity (Wildman–Crippen MR) is 97.1 cm³/mol. The standard InChI is InChI=1S/C21H31NO/c1-17(2)10-13-22-14-12-21(11-5-4-7-19(21)16-22)18-8-6-9-20(15-18)23-3/h6,8-10,15,19H,4-5,7,11-14,16H2,1-3H3/t19-,21+/m1/s1. The summed E-state index contributed by atoms with van der Waals surface area (Å²) in [6, 6.07) is 8.88. The first-order chi connectivity index (χ1) is 11.1. The van der Waals surface area contributed by atoms with Gasteiger partial charge in [-0.05, 0) is 63.3 Å². The average Bonchev–Trinajstić information content (AvgIpc) is 2.59. The van der Waals surface area contributed by atoms with Crippen molar-refractivity contribution in [3.63, 3.8) is 0 Å². The topological polar surface area (TPSA) is 12.5 Å². The summed E-state index contributed by atoms with van der Waals surface area (Å²) in [6.07, 6.45) is 9.17. The highest BCUT2D eigenvalue weighted by atomic mass is 16.5. The molecule has 1 aliphatic heterocycles. The van der Waals surface area contributed by atoms with Crippen molar-refractivity contribution in [2.75, 3.05) is 26.7 Å². The van der Waals surface area contributed by atoms with Crippen LogP contribution in [0.3, 0.4) is 0 Å². The van der Waals surface area contributed by atoms with Crippen molar-refractivity contribution in [2.45, 2.75) is 51.4 Å². The molecule has 2 heteroatoms. The molecule has 0 amide bonds. The minimum Gasteiger partial charge on any atom is -0.497 e. The third-order valence-electron chi connectivity index (χ3n) is 5.96. The summed E-state index contributed by atoms with van der Waals surface area (Å²) in [5.41, 5.74) is 3.33. The van der Waals surface area contributed by atoms with E-state index in [1.54, 1.807) is 7.11 Å². The van der Waals surface area contributed by atoms with Crippen LogP contribution in [0, 0.1) is 5.92 Å². The molecule has 3 rings (SSSR count). The van der Waals surface area contributed by atoms with Crippen molar-refractivity contribution in [2.24, 2.45) is 5.92 Å². The molecule has 0 unspecified atom stereocenters. The van der Waals surface area contributed by atoms with Crippen molar-refractivity contribution >= 4 is 0 Å². The van der Waals surface area contributed by atoms with Crippen molar-refractivity contribution in [3.8, 4) is 5.75 Å². The quantitative estimate of drug-likeness (QED) is 0.741. The largest absolute Gasteiger partial charge is 0.497 e. The van der Waals surface area contributed by atoms with Crippen molar-refractivity contribution in [3.05, 3.63) is 41.5 Å². The van der Waals surface area contributed by atoms with Crippen LogP contribution in [0.4, 0.5) is 0 Å². The number of nitrogens with zero attached hydrogens (tertiary/aromatic N) is 1. The second-order valence-electron chi connectivity index (χ2n) is 7.62. The normalized spacial score (nSPS) is 28.0. The van der Waals surface area contributed by atoms with Gasteiger partial charge >= 0.3 is 0 Å². The predicted octanol–water partition coefficient (Wildman–Crippen LogP) is 4.80. The molecule has 1 aromatic carbocycles. The summed E-state index contributed by atoms with van der Waals surface area (Å²) in [4.78, 5) is 2.65. The Labute approximate surface area is 141 Å². The van der Waals surface area contributed by atoms with Gasteiger partial charge in [0.25, 0.3) is 0 Å². The minimum absolute atomic E-state index is 0.383. The Bertz CT molecular complexity index is 561. The summed E-state index contributed by atoms with van der Waals surface area (Å²) in [6.45, 7) is 7.99. The molecule has 2 fully saturated rings. The van der Waals surface area contributed by atoms with E-state index in [2.05, 4.69) is 49.1 Å². The van der Waals surface area contributed by atoms with E-state index >= 15 is 0 Å². The van der Waals surface area contributed by atoms with Crippen LogP contribution in [0.1, 0.15) is 51.5 Å². The van der Waals surface area contributed by atoms with Crippen molar-refractivity contribution < 1.29 is 4.74 Å². The number of methoxy groups -OCH3 is 1. The van der Waals surface area contributed by atoms with E-state index in [1.807, 2.05) is 0 Å². The maximum atomic E-state index is 5.49. The van der Waals surface area contributed by atoms with Crippen LogP contribution in [0.5, 0.6) is 5.75 Å². The lowest BCUT2D eigenvalue weighted by atomic mass is 9.59. The van der Waals surface area contributed by atoms with Gasteiger partial charge in [0.2, 0.25) is 0 Å². The Kier molecular flexibility index (Phi) is 5.11. The second-order valence-corrected chi connectivity index (χ2v) is 7.62. The number of ether oxygens (including phenoxy) is 1. The fraction of sp³-hybridized carbons (Fsp3) is 0.619. The number of benzene rings is 1. The van der Waals surface area contributed by atoms with Gasteiger partial charge < -0.3 is 4.74 Å². The molecule has 126 valence electrons. The van der Waals surface area contributed by atoms with Crippen LogP contribution < -0.4 is 4.74 Å². The first-order valence-electron chi connectivity index (χ1n) is 9.14. The van der Waals surface area contributed by atoms with Crippen LogP contribution >= 0.6 is 0 Å². The van der Waals surface area contributed by atoms with Gasteiger partial charge in [0.15, 0.2) is 0 Å². The molecule has 1 saturated heterocycles. The molecule has 1 aliphatic carbocycles. The highest BCUT2D eigenvalue weighted by Gasteiger charge is 2.45. The molecule has 2 aliphatic rings. The molecule has 0 bridgehead atoms. The summed E-state index contributed by atoms with van der Waals surface area (Å²) >= 11 is 0. The molecule has 0 radical (unpaired) electrons. The third kappa shape index (κ3) is 3.47. The number of piperidine rings is 1. The van der Waals surface area contributed by atoms with E-state index in [0.717, 1.165) is 18.2 Å². The molecule has 23 heavy (non-hydrogen) atoms. The van der Waals surface area contributed by atoms with Gasteiger partial charge in [0.1, 0.15) is 5.75 Å². The monoisotopic (exact) mass is 313 g/mol. The summed E-state index contributed by atoms with van der Waals surface area (Å²) in [5, 5.41) is 0. The van der Waals surface area contributed by atoms with E-state index in [4.69, 9.17) is 4.74 Å². The van der Waals surface area contributed by atoms with Crippen LogP contribution in [0.2, 0.25) is 0 Å². The zero-order valence-electron chi connectivity index (χ0n) is 15.0. The highest BCUT2D eigenvalue weighted by Crippen LogP contribution is 2.49. The molecule has 2 atom stereocenters. The van der Waals surface area contributed by atoms with Gasteiger partial charge in [-0.3, -0.25) is 4.90 Å². The third-order valence-corrected chi connectivity index (χ3v) is 5.96. The first-order valence-corrected chi connectivity index (χ1v) is 9.14. The van der Waals surface area contributed by atoms with Gasteiger partial charge in [0.05, 0.1) is 7.11 Å². The van der Waals surface area contributed by atoms with Gasteiger partial charge in [-0.2, -0.15) is 0 Å². The van der Waals surface area contributed by atoms with E-state index < -0.39 is 0 Å². The molecular formula is C21H31NO.